The molecule has 0 aromatic carbocycles. The van der Waals surface area contributed by atoms with E-state index in [-0.39, 0.29) is 6.03 Å². The zero-order valence-electron chi connectivity index (χ0n) is 9.24. The number of hydrogen-bond acceptors (Lipinski definition) is 2. The van der Waals surface area contributed by atoms with Gasteiger partial charge in [-0.1, -0.05) is 6.08 Å². The summed E-state index contributed by atoms with van der Waals surface area (Å²) in [6.07, 6.45) is 5.00. The van der Waals surface area contributed by atoms with Crippen LogP contribution in [0.4, 0.5) is 4.79 Å². The molecule has 1 aliphatic rings. The SMILES string of the molecule is C=CCNC(=O)N1CCCC(CCN)C1. The van der Waals surface area contributed by atoms with E-state index in [0.717, 1.165) is 25.9 Å². The van der Waals surface area contributed by atoms with Gasteiger partial charge in [0, 0.05) is 19.6 Å². The number of carbonyl (C=O) groups excluding carboxylic acids is 1. The van der Waals surface area contributed by atoms with Crippen LogP contribution in [-0.4, -0.2) is 37.1 Å². The molecule has 4 heteroatoms. The predicted molar refractivity (Wildman–Crippen MR) is 61.6 cm³/mol. The molecule has 0 aromatic heterocycles. The zero-order valence-corrected chi connectivity index (χ0v) is 9.24. The van der Waals surface area contributed by atoms with Crippen molar-refractivity contribution in [3.05, 3.63) is 12.7 Å². The van der Waals surface area contributed by atoms with Crippen LogP contribution in [0.15, 0.2) is 12.7 Å². The quantitative estimate of drug-likeness (QED) is 0.680. The Balaban J connectivity index is 2.34. The molecule has 0 aliphatic carbocycles. The summed E-state index contributed by atoms with van der Waals surface area (Å²) >= 11 is 0. The fourth-order valence-electron chi connectivity index (χ4n) is 1.99. The Morgan fingerprint density at radius 3 is 3.13 bits per heavy atom. The van der Waals surface area contributed by atoms with Gasteiger partial charge in [0.25, 0.3) is 0 Å². The summed E-state index contributed by atoms with van der Waals surface area (Å²) in [7, 11) is 0. The van der Waals surface area contributed by atoms with Crippen molar-refractivity contribution in [2.24, 2.45) is 11.7 Å². The third-order valence-electron chi connectivity index (χ3n) is 2.78. The lowest BCUT2D eigenvalue weighted by molar-refractivity contribution is 0.164. The molecule has 1 heterocycles. The maximum Gasteiger partial charge on any atom is 0.317 e. The summed E-state index contributed by atoms with van der Waals surface area (Å²) in [4.78, 5) is 13.5. The van der Waals surface area contributed by atoms with Gasteiger partial charge in [0.05, 0.1) is 0 Å². The highest BCUT2D eigenvalue weighted by atomic mass is 16.2. The molecular formula is C11H21N3O. The van der Waals surface area contributed by atoms with Crippen molar-refractivity contribution in [2.75, 3.05) is 26.2 Å². The summed E-state index contributed by atoms with van der Waals surface area (Å²) < 4.78 is 0. The van der Waals surface area contributed by atoms with Crippen molar-refractivity contribution in [2.45, 2.75) is 19.3 Å². The Hall–Kier alpha value is -1.03. The Bertz CT molecular complexity index is 216. The molecule has 15 heavy (non-hydrogen) atoms. The Morgan fingerprint density at radius 2 is 2.47 bits per heavy atom. The lowest BCUT2D eigenvalue weighted by Crippen LogP contribution is -2.45. The average Bonchev–Trinajstić information content (AvgIpc) is 2.27. The highest BCUT2D eigenvalue weighted by molar-refractivity contribution is 5.74. The minimum Gasteiger partial charge on any atom is -0.335 e. The normalized spacial score (nSPS) is 21.1. The minimum atomic E-state index is 0.0246. The van der Waals surface area contributed by atoms with Gasteiger partial charge in [0.2, 0.25) is 0 Å². The molecule has 0 saturated carbocycles. The number of urea groups is 1. The number of rotatable bonds is 4. The van der Waals surface area contributed by atoms with Gasteiger partial charge in [-0.25, -0.2) is 4.79 Å². The number of nitrogens with two attached hydrogens (primary N) is 1. The van der Waals surface area contributed by atoms with Gasteiger partial charge < -0.3 is 16.0 Å². The van der Waals surface area contributed by atoms with Gasteiger partial charge >= 0.3 is 6.03 Å². The zero-order chi connectivity index (χ0) is 11.1. The molecule has 0 spiro atoms. The summed E-state index contributed by atoms with van der Waals surface area (Å²) in [5.41, 5.74) is 5.53. The first-order valence-electron chi connectivity index (χ1n) is 5.61. The Labute approximate surface area is 91.5 Å². The van der Waals surface area contributed by atoms with Crippen LogP contribution < -0.4 is 11.1 Å². The number of amides is 2. The van der Waals surface area contributed by atoms with Crippen LogP contribution in [0.25, 0.3) is 0 Å². The van der Waals surface area contributed by atoms with Crippen molar-refractivity contribution in [1.29, 1.82) is 0 Å². The van der Waals surface area contributed by atoms with Gasteiger partial charge in [-0.15, -0.1) is 6.58 Å². The topological polar surface area (TPSA) is 58.4 Å². The molecule has 0 aromatic rings. The van der Waals surface area contributed by atoms with Crippen LogP contribution in [0.3, 0.4) is 0 Å². The van der Waals surface area contributed by atoms with Crippen molar-refractivity contribution in [1.82, 2.24) is 10.2 Å². The first kappa shape index (κ1) is 12.0. The van der Waals surface area contributed by atoms with Crippen LogP contribution in [0.1, 0.15) is 19.3 Å². The van der Waals surface area contributed by atoms with Crippen LogP contribution >= 0.6 is 0 Å². The fraction of sp³-hybridized carbons (Fsp3) is 0.727. The van der Waals surface area contributed by atoms with Crippen molar-refractivity contribution >= 4 is 6.03 Å². The maximum atomic E-state index is 11.6. The van der Waals surface area contributed by atoms with E-state index in [0.29, 0.717) is 19.0 Å². The van der Waals surface area contributed by atoms with Gasteiger partial charge in [-0.3, -0.25) is 0 Å². The van der Waals surface area contributed by atoms with E-state index < -0.39 is 0 Å². The van der Waals surface area contributed by atoms with Crippen LogP contribution in [-0.2, 0) is 0 Å². The standard InChI is InChI=1S/C11H21N3O/c1-2-7-13-11(15)14-8-3-4-10(9-14)5-6-12/h2,10H,1,3-9,12H2,(H,13,15). The van der Waals surface area contributed by atoms with Crippen molar-refractivity contribution in [3.8, 4) is 0 Å². The summed E-state index contributed by atoms with van der Waals surface area (Å²) in [5, 5.41) is 2.80. The highest BCUT2D eigenvalue weighted by Crippen LogP contribution is 2.18. The van der Waals surface area contributed by atoms with E-state index in [1.54, 1.807) is 6.08 Å². The molecule has 0 bridgehead atoms. The molecule has 1 atom stereocenters. The number of nitrogens with zero attached hydrogens (tertiary/aromatic N) is 1. The van der Waals surface area contributed by atoms with Crippen LogP contribution in [0, 0.1) is 5.92 Å². The van der Waals surface area contributed by atoms with Gasteiger partial charge in [-0.2, -0.15) is 0 Å². The summed E-state index contributed by atoms with van der Waals surface area (Å²) in [5.74, 6) is 0.582. The molecule has 4 nitrogen and oxygen atoms in total. The maximum absolute atomic E-state index is 11.6. The van der Waals surface area contributed by atoms with Gasteiger partial charge in [-0.05, 0) is 31.7 Å². The molecule has 1 unspecified atom stereocenters. The van der Waals surface area contributed by atoms with E-state index >= 15 is 0 Å². The summed E-state index contributed by atoms with van der Waals surface area (Å²) in [6.45, 7) is 6.54. The molecule has 1 saturated heterocycles. The second kappa shape index (κ2) is 6.45. The third kappa shape index (κ3) is 3.91. The number of carbonyl (C=O) groups is 1. The lowest BCUT2D eigenvalue weighted by atomic mass is 9.95. The molecular weight excluding hydrogens is 190 g/mol. The smallest absolute Gasteiger partial charge is 0.317 e. The first-order chi connectivity index (χ1) is 7.27. The summed E-state index contributed by atoms with van der Waals surface area (Å²) in [6, 6.07) is 0.0246. The fourth-order valence-corrected chi connectivity index (χ4v) is 1.99. The second-order valence-corrected chi connectivity index (χ2v) is 4.01. The number of likely N-dealkylation sites (tertiary alicyclic amines) is 1. The molecule has 1 aliphatic heterocycles. The van der Waals surface area contributed by atoms with E-state index in [2.05, 4.69) is 11.9 Å². The average molecular weight is 211 g/mol. The monoisotopic (exact) mass is 211 g/mol. The van der Waals surface area contributed by atoms with Crippen molar-refractivity contribution in [3.63, 3.8) is 0 Å². The predicted octanol–water partition coefficient (Wildman–Crippen LogP) is 0.943. The number of piperidine rings is 1. The van der Waals surface area contributed by atoms with Crippen LogP contribution in [0.2, 0.25) is 0 Å². The molecule has 3 N–H and O–H groups in total. The number of nitrogens with one attached hydrogen (secondary N) is 1. The Morgan fingerprint density at radius 1 is 1.67 bits per heavy atom. The molecule has 1 fully saturated rings. The lowest BCUT2D eigenvalue weighted by Gasteiger charge is -2.32. The van der Waals surface area contributed by atoms with E-state index in [4.69, 9.17) is 5.73 Å². The highest BCUT2D eigenvalue weighted by Gasteiger charge is 2.22. The van der Waals surface area contributed by atoms with Gasteiger partial charge in [0.15, 0.2) is 0 Å². The molecule has 1 rings (SSSR count). The second-order valence-electron chi connectivity index (χ2n) is 4.01. The van der Waals surface area contributed by atoms with Crippen molar-refractivity contribution < 1.29 is 4.79 Å². The third-order valence-corrected chi connectivity index (χ3v) is 2.78. The van der Waals surface area contributed by atoms with Crippen LogP contribution in [0.5, 0.6) is 0 Å². The minimum absolute atomic E-state index is 0.0246. The van der Waals surface area contributed by atoms with E-state index in [9.17, 15) is 4.79 Å². The molecule has 2 amide bonds. The first-order valence-corrected chi connectivity index (χ1v) is 5.61. The largest absolute Gasteiger partial charge is 0.335 e. The molecule has 0 radical (unpaired) electrons. The molecule has 86 valence electrons. The Kier molecular flexibility index (Phi) is 5.18. The number of hydrogen-bond donors (Lipinski definition) is 2. The van der Waals surface area contributed by atoms with Gasteiger partial charge in [0.1, 0.15) is 0 Å². The van der Waals surface area contributed by atoms with E-state index in [1.165, 1.54) is 6.42 Å². The van der Waals surface area contributed by atoms with E-state index in [1.807, 2.05) is 4.90 Å².